The van der Waals surface area contributed by atoms with Crippen molar-refractivity contribution in [3.8, 4) is 6.01 Å². The van der Waals surface area contributed by atoms with Crippen LogP contribution < -0.4 is 4.74 Å². The van der Waals surface area contributed by atoms with E-state index in [0.29, 0.717) is 6.01 Å². The summed E-state index contributed by atoms with van der Waals surface area (Å²) in [5, 5.41) is 0. The summed E-state index contributed by atoms with van der Waals surface area (Å²) in [6, 6.07) is 2.22. The lowest BCUT2D eigenvalue weighted by molar-refractivity contribution is 0.0924. The Morgan fingerprint density at radius 2 is 1.92 bits per heavy atom. The van der Waals surface area contributed by atoms with Gasteiger partial charge in [0, 0.05) is 12.4 Å². The van der Waals surface area contributed by atoms with Crippen molar-refractivity contribution in [1.29, 1.82) is 0 Å². The molecule has 1 rings (SSSR count). The summed E-state index contributed by atoms with van der Waals surface area (Å²) in [5.41, 5.74) is -0.179. The molecule has 0 bridgehead atoms. The van der Waals surface area contributed by atoms with Gasteiger partial charge in [0.25, 0.3) is 0 Å². The van der Waals surface area contributed by atoms with Crippen LogP contribution in [0.2, 0.25) is 0 Å². The fourth-order valence-corrected chi connectivity index (χ4v) is 0.657. The molecule has 0 saturated carbocycles. The second kappa shape index (κ2) is 3.52. The summed E-state index contributed by atoms with van der Waals surface area (Å²) < 4.78 is 5.53. The average molecular weight is 166 g/mol. The Bertz CT molecular complexity index is 234. The molecule has 1 aromatic heterocycles. The van der Waals surface area contributed by atoms with Crippen molar-refractivity contribution in [2.75, 3.05) is 0 Å². The van der Waals surface area contributed by atoms with Crippen LogP contribution in [0.15, 0.2) is 18.5 Å². The lowest BCUT2D eigenvalue weighted by Gasteiger charge is -2.22. The molecule has 3 heteroatoms. The highest BCUT2D eigenvalue weighted by Crippen LogP contribution is 2.15. The smallest absolute Gasteiger partial charge is 0.316 e. The molecule has 0 aromatic carbocycles. The van der Waals surface area contributed by atoms with Gasteiger partial charge in [-0.1, -0.05) is 6.92 Å². The van der Waals surface area contributed by atoms with Crippen LogP contribution in [-0.4, -0.2) is 15.6 Å². The summed E-state index contributed by atoms with van der Waals surface area (Å²) in [4.78, 5) is 7.96. The van der Waals surface area contributed by atoms with Crippen LogP contribution in [0, 0.1) is 0 Å². The largest absolute Gasteiger partial charge is 0.457 e. The second-order valence-corrected chi connectivity index (χ2v) is 3.25. The summed E-state index contributed by atoms with van der Waals surface area (Å²) in [7, 11) is 0. The summed E-state index contributed by atoms with van der Waals surface area (Å²) >= 11 is 0. The number of aromatic nitrogens is 2. The summed E-state index contributed by atoms with van der Waals surface area (Å²) in [6.07, 6.45) is 4.29. The van der Waals surface area contributed by atoms with E-state index >= 15 is 0 Å². The van der Waals surface area contributed by atoms with Crippen LogP contribution >= 0.6 is 0 Å². The fraction of sp³-hybridized carbons (Fsp3) is 0.556. The second-order valence-electron chi connectivity index (χ2n) is 3.25. The fourth-order valence-electron chi connectivity index (χ4n) is 0.657. The maximum absolute atomic E-state index is 5.53. The average Bonchev–Trinajstić information content (AvgIpc) is 2.06. The predicted octanol–water partition coefficient (Wildman–Crippen LogP) is 2.04. The van der Waals surface area contributed by atoms with Crippen molar-refractivity contribution in [3.05, 3.63) is 18.5 Å². The zero-order chi connectivity index (χ0) is 9.03. The highest BCUT2D eigenvalue weighted by Gasteiger charge is 2.17. The van der Waals surface area contributed by atoms with Crippen molar-refractivity contribution in [3.63, 3.8) is 0 Å². The molecular weight excluding hydrogens is 152 g/mol. The third-order valence-electron chi connectivity index (χ3n) is 1.76. The van der Waals surface area contributed by atoms with Crippen LogP contribution in [0.1, 0.15) is 27.2 Å². The first-order valence-electron chi connectivity index (χ1n) is 4.10. The molecule has 3 nitrogen and oxygen atoms in total. The minimum atomic E-state index is -0.179. The summed E-state index contributed by atoms with van der Waals surface area (Å²) in [6.45, 7) is 6.11. The normalized spacial score (nSPS) is 11.2. The molecule has 0 aliphatic heterocycles. The van der Waals surface area contributed by atoms with Crippen LogP contribution in [-0.2, 0) is 0 Å². The molecule has 0 atom stereocenters. The molecule has 0 fully saturated rings. The predicted molar refractivity (Wildman–Crippen MR) is 47.0 cm³/mol. The highest BCUT2D eigenvalue weighted by atomic mass is 16.5. The van der Waals surface area contributed by atoms with Gasteiger partial charge >= 0.3 is 6.01 Å². The van der Waals surface area contributed by atoms with Crippen molar-refractivity contribution >= 4 is 0 Å². The zero-order valence-corrected chi connectivity index (χ0v) is 7.74. The maximum atomic E-state index is 5.53. The van der Waals surface area contributed by atoms with Gasteiger partial charge in [0.1, 0.15) is 5.60 Å². The molecule has 0 amide bonds. The Morgan fingerprint density at radius 1 is 1.33 bits per heavy atom. The molecule has 0 aliphatic rings. The van der Waals surface area contributed by atoms with E-state index in [1.807, 2.05) is 13.8 Å². The molecule has 66 valence electrons. The van der Waals surface area contributed by atoms with Gasteiger partial charge in [-0.3, -0.25) is 0 Å². The van der Waals surface area contributed by atoms with E-state index in [9.17, 15) is 0 Å². The van der Waals surface area contributed by atoms with Crippen LogP contribution in [0.3, 0.4) is 0 Å². The topological polar surface area (TPSA) is 35.0 Å². The van der Waals surface area contributed by atoms with Gasteiger partial charge in [-0.2, -0.15) is 0 Å². The quantitative estimate of drug-likeness (QED) is 0.689. The number of hydrogen-bond acceptors (Lipinski definition) is 3. The van der Waals surface area contributed by atoms with E-state index in [4.69, 9.17) is 4.74 Å². The molecule has 0 unspecified atom stereocenters. The molecule has 0 aliphatic carbocycles. The van der Waals surface area contributed by atoms with Gasteiger partial charge in [0.2, 0.25) is 0 Å². The third-order valence-corrected chi connectivity index (χ3v) is 1.76. The Morgan fingerprint density at radius 3 is 2.42 bits per heavy atom. The molecule has 1 heterocycles. The first kappa shape index (κ1) is 8.97. The van der Waals surface area contributed by atoms with Gasteiger partial charge in [-0.25, -0.2) is 9.97 Å². The number of nitrogens with zero attached hydrogens (tertiary/aromatic N) is 2. The van der Waals surface area contributed by atoms with Crippen molar-refractivity contribution in [2.24, 2.45) is 0 Å². The number of ether oxygens (including phenoxy) is 1. The van der Waals surface area contributed by atoms with E-state index in [0.717, 1.165) is 6.42 Å². The van der Waals surface area contributed by atoms with Gasteiger partial charge in [0.15, 0.2) is 0 Å². The monoisotopic (exact) mass is 166 g/mol. The number of rotatable bonds is 3. The van der Waals surface area contributed by atoms with E-state index in [-0.39, 0.29) is 5.60 Å². The Hall–Kier alpha value is -1.12. The standard InChI is InChI=1S/C9H14N2O/c1-4-9(2,3)12-8-10-6-5-7-11-8/h5-7H,4H2,1-3H3. The van der Waals surface area contributed by atoms with E-state index in [2.05, 4.69) is 16.9 Å². The van der Waals surface area contributed by atoms with Crippen molar-refractivity contribution in [2.45, 2.75) is 32.8 Å². The Labute approximate surface area is 72.8 Å². The van der Waals surface area contributed by atoms with Crippen molar-refractivity contribution in [1.82, 2.24) is 9.97 Å². The van der Waals surface area contributed by atoms with E-state index < -0.39 is 0 Å². The molecule has 0 spiro atoms. The molecule has 0 N–H and O–H groups in total. The van der Waals surface area contributed by atoms with Gasteiger partial charge in [0.05, 0.1) is 0 Å². The van der Waals surface area contributed by atoms with E-state index in [1.54, 1.807) is 18.5 Å². The lowest BCUT2D eigenvalue weighted by Crippen LogP contribution is -2.27. The lowest BCUT2D eigenvalue weighted by atomic mass is 10.1. The minimum Gasteiger partial charge on any atom is -0.457 e. The first-order valence-corrected chi connectivity index (χ1v) is 4.10. The Balaban J connectivity index is 2.64. The molecule has 1 aromatic rings. The number of hydrogen-bond donors (Lipinski definition) is 0. The maximum Gasteiger partial charge on any atom is 0.316 e. The zero-order valence-electron chi connectivity index (χ0n) is 7.74. The van der Waals surface area contributed by atoms with Crippen LogP contribution in [0.4, 0.5) is 0 Å². The van der Waals surface area contributed by atoms with E-state index in [1.165, 1.54) is 0 Å². The SMILES string of the molecule is CCC(C)(C)Oc1ncccn1. The van der Waals surface area contributed by atoms with Crippen molar-refractivity contribution < 1.29 is 4.74 Å². The third kappa shape index (κ3) is 2.49. The van der Waals surface area contributed by atoms with Gasteiger partial charge in [-0.05, 0) is 26.3 Å². The molecule has 12 heavy (non-hydrogen) atoms. The molecular formula is C9H14N2O. The van der Waals surface area contributed by atoms with Crippen LogP contribution in [0.25, 0.3) is 0 Å². The van der Waals surface area contributed by atoms with Crippen LogP contribution in [0.5, 0.6) is 6.01 Å². The first-order chi connectivity index (χ1) is 5.64. The molecule has 0 radical (unpaired) electrons. The highest BCUT2D eigenvalue weighted by molar-refractivity contribution is 4.95. The Kier molecular flexibility index (Phi) is 2.63. The minimum absolute atomic E-state index is 0.179. The summed E-state index contributed by atoms with van der Waals surface area (Å²) in [5.74, 6) is 0. The van der Waals surface area contributed by atoms with Gasteiger partial charge < -0.3 is 4.74 Å². The van der Waals surface area contributed by atoms with Gasteiger partial charge in [-0.15, -0.1) is 0 Å². The molecule has 0 saturated heterocycles.